The van der Waals surface area contributed by atoms with E-state index in [2.05, 4.69) is 5.16 Å². The van der Waals surface area contributed by atoms with Gasteiger partial charge < -0.3 is 9.94 Å². The molecule has 1 atom stereocenters. The number of rotatable bonds is 4. The molecule has 0 saturated heterocycles. The fraction of sp³-hybridized carbons (Fsp3) is 0.222. The van der Waals surface area contributed by atoms with Crippen molar-refractivity contribution >= 4 is 23.1 Å². The number of phenolic OH excluding ortho intramolecular Hbond substituents is 1. The molecule has 118 valence electrons. The number of hydrogen-bond donors (Lipinski definition) is 1. The highest BCUT2D eigenvalue weighted by Gasteiger charge is 2.29. The van der Waals surface area contributed by atoms with Crippen LogP contribution in [0.3, 0.4) is 0 Å². The third kappa shape index (κ3) is 3.37. The molecule has 1 heterocycles. The van der Waals surface area contributed by atoms with Gasteiger partial charge in [0.05, 0.1) is 5.71 Å². The smallest absolute Gasteiger partial charge is 0.191 e. The summed E-state index contributed by atoms with van der Waals surface area (Å²) >= 11 is 6.15. The van der Waals surface area contributed by atoms with Crippen LogP contribution >= 0.6 is 11.6 Å². The number of aromatic hydroxyl groups is 1. The molecule has 5 heteroatoms. The maximum Gasteiger partial charge on any atom is 0.191 e. The Morgan fingerprint density at radius 3 is 2.91 bits per heavy atom. The molecule has 1 aliphatic heterocycles. The van der Waals surface area contributed by atoms with Gasteiger partial charge in [-0.15, -0.1) is 0 Å². The molecule has 1 aliphatic rings. The predicted molar refractivity (Wildman–Crippen MR) is 89.0 cm³/mol. The summed E-state index contributed by atoms with van der Waals surface area (Å²) in [6, 6.07) is 12.5. The van der Waals surface area contributed by atoms with Gasteiger partial charge in [-0.3, -0.25) is 4.79 Å². The lowest BCUT2D eigenvalue weighted by Crippen LogP contribution is -2.23. The summed E-state index contributed by atoms with van der Waals surface area (Å²) < 4.78 is 0. The number of benzene rings is 2. The minimum absolute atomic E-state index is 0.114. The highest BCUT2D eigenvalue weighted by atomic mass is 35.5. The standard InChI is InChI=1S/C18H16ClNO3/c1-11-6-7-16(21)12(8-11)9-17(22)18-10-15(20-23-18)13-4-2-3-5-14(13)19/h2-8,18,21H,9-10H2,1H3. The first-order valence-electron chi connectivity index (χ1n) is 7.33. The van der Waals surface area contributed by atoms with Crippen LogP contribution in [0, 0.1) is 6.92 Å². The maximum atomic E-state index is 12.4. The summed E-state index contributed by atoms with van der Waals surface area (Å²) in [6.07, 6.45) is -0.139. The highest BCUT2D eigenvalue weighted by molar-refractivity contribution is 6.34. The zero-order chi connectivity index (χ0) is 16.4. The number of Topliss-reactive ketones (excluding diaryl/α,β-unsaturated/α-hetero) is 1. The van der Waals surface area contributed by atoms with Crippen LogP contribution in [-0.2, 0) is 16.1 Å². The van der Waals surface area contributed by atoms with Gasteiger partial charge in [-0.25, -0.2) is 0 Å². The Balaban J connectivity index is 1.69. The summed E-state index contributed by atoms with van der Waals surface area (Å²) in [5.41, 5.74) is 3.04. The van der Waals surface area contributed by atoms with Crippen LogP contribution in [0.5, 0.6) is 5.75 Å². The first-order chi connectivity index (χ1) is 11.0. The van der Waals surface area contributed by atoms with E-state index in [9.17, 15) is 9.90 Å². The van der Waals surface area contributed by atoms with Gasteiger partial charge in [0.1, 0.15) is 5.75 Å². The Kier molecular flexibility index (Phi) is 4.35. The van der Waals surface area contributed by atoms with Crippen molar-refractivity contribution in [3.63, 3.8) is 0 Å². The molecule has 0 aliphatic carbocycles. The minimum atomic E-state index is -0.638. The van der Waals surface area contributed by atoms with E-state index in [0.29, 0.717) is 22.7 Å². The summed E-state index contributed by atoms with van der Waals surface area (Å²) in [5, 5.41) is 14.4. The zero-order valence-corrected chi connectivity index (χ0v) is 13.4. The molecular formula is C18H16ClNO3. The lowest BCUT2D eigenvalue weighted by atomic mass is 9.98. The van der Waals surface area contributed by atoms with E-state index in [1.807, 2.05) is 25.1 Å². The monoisotopic (exact) mass is 329 g/mol. The Hall–Kier alpha value is -2.33. The van der Waals surface area contributed by atoms with Crippen molar-refractivity contribution in [3.8, 4) is 5.75 Å². The van der Waals surface area contributed by atoms with Crippen molar-refractivity contribution in [2.75, 3.05) is 0 Å². The van der Waals surface area contributed by atoms with Crippen molar-refractivity contribution < 1.29 is 14.7 Å². The van der Waals surface area contributed by atoms with E-state index in [1.54, 1.807) is 24.3 Å². The van der Waals surface area contributed by atoms with Crippen LogP contribution in [0.1, 0.15) is 23.1 Å². The van der Waals surface area contributed by atoms with Gasteiger partial charge >= 0.3 is 0 Å². The lowest BCUT2D eigenvalue weighted by Gasteiger charge is -2.09. The first-order valence-corrected chi connectivity index (χ1v) is 7.71. The number of halogens is 1. The molecule has 1 N–H and O–H groups in total. The number of oxime groups is 1. The number of hydrogen-bond acceptors (Lipinski definition) is 4. The van der Waals surface area contributed by atoms with E-state index in [1.165, 1.54) is 0 Å². The zero-order valence-electron chi connectivity index (χ0n) is 12.6. The molecule has 0 fully saturated rings. The Morgan fingerprint density at radius 1 is 1.35 bits per heavy atom. The third-order valence-electron chi connectivity index (χ3n) is 3.81. The van der Waals surface area contributed by atoms with Gasteiger partial charge in [0.25, 0.3) is 0 Å². The highest BCUT2D eigenvalue weighted by Crippen LogP contribution is 2.25. The number of phenols is 1. The molecule has 1 unspecified atom stereocenters. The van der Waals surface area contributed by atoms with Crippen molar-refractivity contribution in [2.45, 2.75) is 25.9 Å². The molecule has 0 amide bonds. The van der Waals surface area contributed by atoms with Gasteiger partial charge in [0.2, 0.25) is 0 Å². The van der Waals surface area contributed by atoms with Gasteiger partial charge in [0.15, 0.2) is 11.9 Å². The normalized spacial score (nSPS) is 16.8. The van der Waals surface area contributed by atoms with Crippen LogP contribution in [-0.4, -0.2) is 22.7 Å². The van der Waals surface area contributed by atoms with Crippen molar-refractivity contribution in [2.24, 2.45) is 5.16 Å². The second-order valence-electron chi connectivity index (χ2n) is 5.59. The van der Waals surface area contributed by atoms with E-state index < -0.39 is 6.10 Å². The summed E-state index contributed by atoms with van der Waals surface area (Å²) in [4.78, 5) is 17.7. The van der Waals surface area contributed by atoms with E-state index in [4.69, 9.17) is 16.4 Å². The van der Waals surface area contributed by atoms with Gasteiger partial charge in [-0.2, -0.15) is 0 Å². The second-order valence-corrected chi connectivity index (χ2v) is 6.00. The number of carbonyl (C=O) groups excluding carboxylic acids is 1. The molecule has 0 aromatic heterocycles. The van der Waals surface area contributed by atoms with E-state index >= 15 is 0 Å². The fourth-order valence-electron chi connectivity index (χ4n) is 2.56. The molecule has 0 radical (unpaired) electrons. The Morgan fingerprint density at radius 2 is 2.13 bits per heavy atom. The van der Waals surface area contributed by atoms with Gasteiger partial charge in [0, 0.05) is 29.0 Å². The van der Waals surface area contributed by atoms with Crippen LogP contribution < -0.4 is 0 Å². The fourth-order valence-corrected chi connectivity index (χ4v) is 2.81. The summed E-state index contributed by atoms with van der Waals surface area (Å²) in [6.45, 7) is 1.91. The van der Waals surface area contributed by atoms with Crippen LogP contribution in [0.15, 0.2) is 47.6 Å². The third-order valence-corrected chi connectivity index (χ3v) is 4.14. The van der Waals surface area contributed by atoms with Crippen molar-refractivity contribution in [1.82, 2.24) is 0 Å². The summed E-state index contributed by atoms with van der Waals surface area (Å²) in [5.74, 6) is 0.00546. The molecule has 0 saturated carbocycles. The molecule has 23 heavy (non-hydrogen) atoms. The van der Waals surface area contributed by atoms with E-state index in [0.717, 1.165) is 11.1 Å². The Bertz CT molecular complexity index is 786. The van der Waals surface area contributed by atoms with Crippen LogP contribution in [0.25, 0.3) is 0 Å². The number of aryl methyl sites for hydroxylation is 1. The average Bonchev–Trinajstić information content (AvgIpc) is 3.01. The SMILES string of the molecule is Cc1ccc(O)c(CC(=O)C2CC(c3ccccc3Cl)=NO2)c1. The molecular weight excluding hydrogens is 314 g/mol. The van der Waals surface area contributed by atoms with E-state index in [-0.39, 0.29) is 18.0 Å². The minimum Gasteiger partial charge on any atom is -0.508 e. The largest absolute Gasteiger partial charge is 0.508 e. The molecule has 2 aromatic rings. The molecule has 2 aromatic carbocycles. The summed E-state index contributed by atoms with van der Waals surface area (Å²) in [7, 11) is 0. The Labute approximate surface area is 139 Å². The maximum absolute atomic E-state index is 12.4. The van der Waals surface area contributed by atoms with Gasteiger partial charge in [-0.05, 0) is 19.1 Å². The molecule has 0 bridgehead atoms. The molecule has 4 nitrogen and oxygen atoms in total. The van der Waals surface area contributed by atoms with Crippen molar-refractivity contribution in [1.29, 1.82) is 0 Å². The van der Waals surface area contributed by atoms with Crippen LogP contribution in [0.4, 0.5) is 0 Å². The average molecular weight is 330 g/mol. The topological polar surface area (TPSA) is 58.9 Å². The lowest BCUT2D eigenvalue weighted by molar-refractivity contribution is -0.128. The quantitative estimate of drug-likeness (QED) is 0.931. The second kappa shape index (κ2) is 6.42. The van der Waals surface area contributed by atoms with Crippen LogP contribution in [0.2, 0.25) is 5.02 Å². The number of ketones is 1. The van der Waals surface area contributed by atoms with Gasteiger partial charge in [-0.1, -0.05) is 52.7 Å². The number of carbonyl (C=O) groups is 1. The molecule has 0 spiro atoms. The first kappa shape index (κ1) is 15.6. The molecule has 3 rings (SSSR count). The van der Waals surface area contributed by atoms with Crippen molar-refractivity contribution in [3.05, 3.63) is 64.2 Å². The number of nitrogens with zero attached hydrogens (tertiary/aromatic N) is 1. The predicted octanol–water partition coefficient (Wildman–Crippen LogP) is 3.66.